The Morgan fingerprint density at radius 1 is 1.44 bits per heavy atom. The molecule has 98 valence electrons. The van der Waals surface area contributed by atoms with Crippen molar-refractivity contribution in [1.29, 1.82) is 0 Å². The molecule has 0 saturated heterocycles. The first kappa shape index (κ1) is 13.3. The van der Waals surface area contributed by atoms with E-state index in [2.05, 4.69) is 24.1 Å². The minimum atomic E-state index is 0.405. The highest BCUT2D eigenvalue weighted by molar-refractivity contribution is 7.80. The average molecular weight is 263 g/mol. The zero-order valence-electron chi connectivity index (χ0n) is 11.0. The van der Waals surface area contributed by atoms with Crippen LogP contribution in [0.25, 0.3) is 0 Å². The quantitative estimate of drug-likeness (QED) is 0.823. The SMILES string of the molecule is CC1CCC(Nc2ncccc2C(N)=S)C(C)C1. The number of nitrogens with two attached hydrogens (primary N) is 1. The van der Waals surface area contributed by atoms with Crippen molar-refractivity contribution in [2.75, 3.05) is 5.32 Å². The summed E-state index contributed by atoms with van der Waals surface area (Å²) in [5.41, 5.74) is 6.57. The number of thiocarbonyl (C=S) groups is 1. The third kappa shape index (κ3) is 2.99. The van der Waals surface area contributed by atoms with Crippen LogP contribution in [0.5, 0.6) is 0 Å². The largest absolute Gasteiger partial charge is 0.389 e. The Morgan fingerprint density at radius 3 is 2.89 bits per heavy atom. The number of pyridine rings is 1. The maximum Gasteiger partial charge on any atom is 0.136 e. The van der Waals surface area contributed by atoms with Gasteiger partial charge in [0, 0.05) is 12.2 Å². The molecule has 2 rings (SSSR count). The molecule has 3 unspecified atom stereocenters. The maximum absolute atomic E-state index is 5.73. The Bertz CT molecular complexity index is 433. The molecular weight excluding hydrogens is 242 g/mol. The molecule has 1 fully saturated rings. The third-order valence-electron chi connectivity index (χ3n) is 3.83. The van der Waals surface area contributed by atoms with Gasteiger partial charge in [-0.2, -0.15) is 0 Å². The van der Waals surface area contributed by atoms with Crippen molar-refractivity contribution in [3.63, 3.8) is 0 Å². The lowest BCUT2D eigenvalue weighted by molar-refractivity contribution is 0.276. The highest BCUT2D eigenvalue weighted by atomic mass is 32.1. The molecule has 3 N–H and O–H groups in total. The molecule has 1 aliphatic rings. The van der Waals surface area contributed by atoms with E-state index < -0.39 is 0 Å². The minimum absolute atomic E-state index is 0.405. The van der Waals surface area contributed by atoms with Crippen LogP contribution in [-0.2, 0) is 0 Å². The lowest BCUT2D eigenvalue weighted by Gasteiger charge is -2.33. The van der Waals surface area contributed by atoms with Gasteiger partial charge in [0.25, 0.3) is 0 Å². The van der Waals surface area contributed by atoms with Crippen molar-refractivity contribution in [2.24, 2.45) is 17.6 Å². The predicted octanol–water partition coefficient (Wildman–Crippen LogP) is 2.95. The molecule has 0 aliphatic heterocycles. The van der Waals surface area contributed by atoms with E-state index in [-0.39, 0.29) is 0 Å². The maximum atomic E-state index is 5.73. The number of nitrogens with zero attached hydrogens (tertiary/aromatic N) is 1. The van der Waals surface area contributed by atoms with Crippen LogP contribution < -0.4 is 11.1 Å². The number of nitrogens with one attached hydrogen (secondary N) is 1. The Balaban J connectivity index is 2.12. The highest BCUT2D eigenvalue weighted by Crippen LogP contribution is 2.30. The zero-order chi connectivity index (χ0) is 13.1. The Kier molecular flexibility index (Phi) is 4.17. The molecule has 0 aromatic carbocycles. The van der Waals surface area contributed by atoms with Crippen LogP contribution in [0.2, 0.25) is 0 Å². The Hall–Kier alpha value is -1.16. The van der Waals surface area contributed by atoms with Gasteiger partial charge in [-0.1, -0.05) is 26.1 Å². The molecular formula is C14H21N3S. The Morgan fingerprint density at radius 2 is 2.22 bits per heavy atom. The monoisotopic (exact) mass is 263 g/mol. The predicted molar refractivity (Wildman–Crippen MR) is 79.7 cm³/mol. The second-order valence-corrected chi connectivity index (χ2v) is 5.85. The number of hydrogen-bond acceptors (Lipinski definition) is 3. The smallest absolute Gasteiger partial charge is 0.136 e. The molecule has 3 nitrogen and oxygen atoms in total. The lowest BCUT2D eigenvalue weighted by atomic mass is 9.80. The van der Waals surface area contributed by atoms with Gasteiger partial charge in [0.05, 0.1) is 5.56 Å². The van der Waals surface area contributed by atoms with E-state index in [1.54, 1.807) is 6.20 Å². The van der Waals surface area contributed by atoms with Crippen LogP contribution in [0, 0.1) is 11.8 Å². The molecule has 3 atom stereocenters. The van der Waals surface area contributed by atoms with E-state index in [4.69, 9.17) is 18.0 Å². The van der Waals surface area contributed by atoms with Crippen molar-refractivity contribution in [2.45, 2.75) is 39.2 Å². The van der Waals surface area contributed by atoms with Crippen molar-refractivity contribution in [3.05, 3.63) is 23.9 Å². The normalized spacial score (nSPS) is 27.8. The second kappa shape index (κ2) is 5.65. The van der Waals surface area contributed by atoms with Gasteiger partial charge in [0.1, 0.15) is 10.8 Å². The number of aromatic nitrogens is 1. The van der Waals surface area contributed by atoms with Gasteiger partial charge in [-0.25, -0.2) is 4.98 Å². The Labute approximate surface area is 114 Å². The van der Waals surface area contributed by atoms with E-state index in [0.29, 0.717) is 16.9 Å². The van der Waals surface area contributed by atoms with E-state index in [0.717, 1.165) is 17.3 Å². The van der Waals surface area contributed by atoms with E-state index >= 15 is 0 Å². The number of rotatable bonds is 3. The lowest BCUT2D eigenvalue weighted by Crippen LogP contribution is -2.34. The first-order valence-electron chi connectivity index (χ1n) is 6.59. The molecule has 0 radical (unpaired) electrons. The first-order valence-corrected chi connectivity index (χ1v) is 7.00. The fourth-order valence-electron chi connectivity index (χ4n) is 2.77. The van der Waals surface area contributed by atoms with Gasteiger partial charge in [0.15, 0.2) is 0 Å². The summed E-state index contributed by atoms with van der Waals surface area (Å²) in [5.74, 6) is 2.32. The molecule has 0 spiro atoms. The van der Waals surface area contributed by atoms with E-state index in [1.165, 1.54) is 19.3 Å². The zero-order valence-corrected chi connectivity index (χ0v) is 11.8. The molecule has 1 saturated carbocycles. The van der Waals surface area contributed by atoms with Gasteiger partial charge in [0.2, 0.25) is 0 Å². The van der Waals surface area contributed by atoms with Crippen LogP contribution >= 0.6 is 12.2 Å². The third-order valence-corrected chi connectivity index (χ3v) is 4.05. The fourth-order valence-corrected chi connectivity index (χ4v) is 2.94. The van der Waals surface area contributed by atoms with Gasteiger partial charge in [-0.15, -0.1) is 0 Å². The van der Waals surface area contributed by atoms with Gasteiger partial charge >= 0.3 is 0 Å². The summed E-state index contributed by atoms with van der Waals surface area (Å²) in [6.45, 7) is 4.63. The fraction of sp³-hybridized carbons (Fsp3) is 0.571. The molecule has 1 heterocycles. The summed E-state index contributed by atoms with van der Waals surface area (Å²) >= 11 is 5.06. The molecule has 18 heavy (non-hydrogen) atoms. The van der Waals surface area contributed by atoms with Crippen molar-refractivity contribution < 1.29 is 0 Å². The van der Waals surface area contributed by atoms with E-state index in [1.807, 2.05) is 12.1 Å². The molecule has 1 aromatic rings. The van der Waals surface area contributed by atoms with Crippen molar-refractivity contribution in [3.8, 4) is 0 Å². The second-order valence-electron chi connectivity index (χ2n) is 5.41. The summed E-state index contributed by atoms with van der Waals surface area (Å²) in [5, 5.41) is 3.52. The van der Waals surface area contributed by atoms with Crippen LogP contribution in [-0.4, -0.2) is 16.0 Å². The van der Waals surface area contributed by atoms with Crippen molar-refractivity contribution in [1.82, 2.24) is 4.98 Å². The van der Waals surface area contributed by atoms with Crippen LogP contribution in [0.3, 0.4) is 0 Å². The number of anilines is 1. The van der Waals surface area contributed by atoms with Gasteiger partial charge < -0.3 is 11.1 Å². The summed E-state index contributed by atoms with van der Waals surface area (Å²) in [6, 6.07) is 4.27. The van der Waals surface area contributed by atoms with Crippen LogP contribution in [0.4, 0.5) is 5.82 Å². The first-order chi connectivity index (χ1) is 8.58. The van der Waals surface area contributed by atoms with Crippen LogP contribution in [0.1, 0.15) is 38.7 Å². The highest BCUT2D eigenvalue weighted by Gasteiger charge is 2.26. The summed E-state index contributed by atoms with van der Waals surface area (Å²) in [6.07, 6.45) is 5.51. The van der Waals surface area contributed by atoms with Crippen molar-refractivity contribution >= 4 is 23.0 Å². The molecule has 0 amide bonds. The van der Waals surface area contributed by atoms with Gasteiger partial charge in [-0.3, -0.25) is 0 Å². The molecule has 4 heteroatoms. The number of hydrogen-bond donors (Lipinski definition) is 2. The molecule has 1 aliphatic carbocycles. The van der Waals surface area contributed by atoms with Gasteiger partial charge in [-0.05, 0) is 43.2 Å². The van der Waals surface area contributed by atoms with E-state index in [9.17, 15) is 0 Å². The standard InChI is InChI=1S/C14H21N3S/c1-9-5-6-12(10(2)8-9)17-14-11(13(15)18)4-3-7-16-14/h3-4,7,9-10,12H,5-6,8H2,1-2H3,(H2,15,18)(H,16,17). The average Bonchev–Trinajstić information content (AvgIpc) is 2.33. The molecule has 0 bridgehead atoms. The summed E-state index contributed by atoms with van der Waals surface area (Å²) in [7, 11) is 0. The topological polar surface area (TPSA) is 50.9 Å². The summed E-state index contributed by atoms with van der Waals surface area (Å²) in [4.78, 5) is 4.77. The molecule has 1 aromatic heterocycles. The summed E-state index contributed by atoms with van der Waals surface area (Å²) < 4.78 is 0. The van der Waals surface area contributed by atoms with Crippen LogP contribution in [0.15, 0.2) is 18.3 Å². The minimum Gasteiger partial charge on any atom is -0.389 e.